The molecule has 72 valence electrons. The van der Waals surface area contributed by atoms with Crippen LogP contribution >= 0.6 is 11.3 Å². The van der Waals surface area contributed by atoms with Gasteiger partial charge in [0, 0.05) is 22.7 Å². The van der Waals surface area contributed by atoms with E-state index in [-0.39, 0.29) is 5.91 Å². The van der Waals surface area contributed by atoms with Crippen molar-refractivity contribution in [2.75, 3.05) is 5.32 Å². The van der Waals surface area contributed by atoms with Crippen molar-refractivity contribution in [2.24, 2.45) is 0 Å². The number of rotatable bonds is 1. The van der Waals surface area contributed by atoms with Gasteiger partial charge in [-0.25, -0.2) is 0 Å². The number of fused-ring (bicyclic) bond motifs is 1. The first-order valence-corrected chi connectivity index (χ1v) is 5.31. The molecule has 0 saturated carbocycles. The molecule has 0 saturated heterocycles. The van der Waals surface area contributed by atoms with E-state index in [0.29, 0.717) is 0 Å². The molecule has 0 aliphatic heterocycles. The molecule has 1 N–H and O–H groups in total. The summed E-state index contributed by atoms with van der Waals surface area (Å²) in [5.41, 5.74) is 2.13. The van der Waals surface area contributed by atoms with Crippen molar-refractivity contribution in [2.45, 2.75) is 13.8 Å². The highest BCUT2D eigenvalue weighted by atomic mass is 32.1. The molecule has 0 aliphatic carbocycles. The number of aryl methyl sites for hydroxylation is 1. The SMILES string of the molecule is CC(=O)Nc1cccc2scc(C)c12. The van der Waals surface area contributed by atoms with Crippen LogP contribution in [-0.4, -0.2) is 5.91 Å². The number of carbonyl (C=O) groups is 1. The standard InChI is InChI=1S/C11H11NOS/c1-7-6-14-10-5-3-4-9(11(7)10)12-8(2)13/h3-6H,1-2H3,(H,12,13). The third-order valence-corrected chi connectivity index (χ3v) is 3.16. The largest absolute Gasteiger partial charge is 0.326 e. The fourth-order valence-electron chi connectivity index (χ4n) is 1.54. The molecule has 0 bridgehead atoms. The average Bonchev–Trinajstić information content (AvgIpc) is 2.48. The lowest BCUT2D eigenvalue weighted by molar-refractivity contribution is -0.114. The topological polar surface area (TPSA) is 29.1 Å². The molecule has 1 heterocycles. The Kier molecular flexibility index (Phi) is 2.25. The molecule has 0 spiro atoms. The number of amides is 1. The lowest BCUT2D eigenvalue weighted by Gasteiger charge is -2.04. The van der Waals surface area contributed by atoms with E-state index in [4.69, 9.17) is 0 Å². The summed E-state index contributed by atoms with van der Waals surface area (Å²) in [5, 5.41) is 6.11. The first-order chi connectivity index (χ1) is 6.68. The summed E-state index contributed by atoms with van der Waals surface area (Å²) in [6.45, 7) is 3.59. The zero-order chi connectivity index (χ0) is 10.1. The predicted octanol–water partition coefficient (Wildman–Crippen LogP) is 3.17. The van der Waals surface area contributed by atoms with Gasteiger partial charge in [-0.3, -0.25) is 4.79 Å². The molecule has 1 aromatic carbocycles. The Hall–Kier alpha value is -1.35. The molecule has 3 heteroatoms. The maximum Gasteiger partial charge on any atom is 0.221 e. The van der Waals surface area contributed by atoms with Crippen LogP contribution in [0.1, 0.15) is 12.5 Å². The van der Waals surface area contributed by atoms with Crippen molar-refractivity contribution in [1.82, 2.24) is 0 Å². The monoisotopic (exact) mass is 205 g/mol. The smallest absolute Gasteiger partial charge is 0.221 e. The Morgan fingerprint density at radius 3 is 2.93 bits per heavy atom. The lowest BCUT2D eigenvalue weighted by Crippen LogP contribution is -2.05. The molecule has 2 aromatic rings. The number of thiophene rings is 1. The lowest BCUT2D eigenvalue weighted by atomic mass is 10.1. The highest BCUT2D eigenvalue weighted by Gasteiger charge is 2.05. The van der Waals surface area contributed by atoms with Gasteiger partial charge in [0.1, 0.15) is 0 Å². The fraction of sp³-hybridized carbons (Fsp3) is 0.182. The summed E-state index contributed by atoms with van der Waals surface area (Å²) in [7, 11) is 0. The average molecular weight is 205 g/mol. The molecular weight excluding hydrogens is 194 g/mol. The summed E-state index contributed by atoms with van der Waals surface area (Å²) in [5.74, 6) is -0.0249. The Morgan fingerprint density at radius 1 is 1.43 bits per heavy atom. The second-order valence-corrected chi connectivity index (χ2v) is 4.19. The van der Waals surface area contributed by atoms with E-state index in [9.17, 15) is 4.79 Å². The summed E-state index contributed by atoms with van der Waals surface area (Å²) < 4.78 is 1.22. The molecule has 14 heavy (non-hydrogen) atoms. The van der Waals surface area contributed by atoms with Gasteiger partial charge in [-0.1, -0.05) is 6.07 Å². The first-order valence-electron chi connectivity index (χ1n) is 4.43. The van der Waals surface area contributed by atoms with Gasteiger partial charge < -0.3 is 5.32 Å². The number of anilines is 1. The van der Waals surface area contributed by atoms with Crippen LogP contribution in [0.3, 0.4) is 0 Å². The van der Waals surface area contributed by atoms with Crippen LogP contribution in [0.2, 0.25) is 0 Å². The number of hydrogen-bond acceptors (Lipinski definition) is 2. The minimum Gasteiger partial charge on any atom is -0.326 e. The van der Waals surface area contributed by atoms with Crippen LogP contribution in [0.4, 0.5) is 5.69 Å². The molecule has 0 radical (unpaired) electrons. The molecule has 0 aliphatic rings. The third kappa shape index (κ3) is 1.51. The second-order valence-electron chi connectivity index (χ2n) is 3.28. The molecule has 2 nitrogen and oxygen atoms in total. The Bertz CT molecular complexity index is 487. The summed E-state index contributed by atoms with van der Waals surface area (Å²) in [6, 6.07) is 5.96. The van der Waals surface area contributed by atoms with Gasteiger partial charge in [-0.05, 0) is 30.0 Å². The van der Waals surface area contributed by atoms with Crippen LogP contribution in [0.5, 0.6) is 0 Å². The molecule has 1 amide bonds. The van der Waals surface area contributed by atoms with Gasteiger partial charge in [0.2, 0.25) is 5.91 Å². The van der Waals surface area contributed by atoms with Gasteiger partial charge in [-0.2, -0.15) is 0 Å². The third-order valence-electron chi connectivity index (χ3n) is 2.09. The van der Waals surface area contributed by atoms with Crippen molar-refractivity contribution in [1.29, 1.82) is 0 Å². The Morgan fingerprint density at radius 2 is 2.21 bits per heavy atom. The van der Waals surface area contributed by atoms with E-state index < -0.39 is 0 Å². The minimum atomic E-state index is -0.0249. The van der Waals surface area contributed by atoms with Gasteiger partial charge in [0.05, 0.1) is 0 Å². The predicted molar refractivity (Wildman–Crippen MR) is 60.9 cm³/mol. The van der Waals surface area contributed by atoms with Crippen molar-refractivity contribution in [3.05, 3.63) is 29.1 Å². The van der Waals surface area contributed by atoms with E-state index in [1.165, 1.54) is 17.2 Å². The van der Waals surface area contributed by atoms with Crippen LogP contribution in [0.25, 0.3) is 10.1 Å². The van der Waals surface area contributed by atoms with Crippen molar-refractivity contribution < 1.29 is 4.79 Å². The van der Waals surface area contributed by atoms with Crippen molar-refractivity contribution >= 4 is 33.0 Å². The quantitative estimate of drug-likeness (QED) is 0.761. The van der Waals surface area contributed by atoms with E-state index >= 15 is 0 Å². The molecule has 0 unspecified atom stereocenters. The van der Waals surface area contributed by atoms with Crippen molar-refractivity contribution in [3.63, 3.8) is 0 Å². The van der Waals surface area contributed by atoms with E-state index in [1.807, 2.05) is 12.1 Å². The molecule has 0 fully saturated rings. The first kappa shape index (κ1) is 9.21. The molecule has 1 aromatic heterocycles. The molecular formula is C11H11NOS. The number of carbonyl (C=O) groups excluding carboxylic acids is 1. The van der Waals surface area contributed by atoms with E-state index in [2.05, 4.69) is 23.7 Å². The van der Waals surface area contributed by atoms with Crippen LogP contribution in [0, 0.1) is 6.92 Å². The van der Waals surface area contributed by atoms with Crippen LogP contribution in [0.15, 0.2) is 23.6 Å². The molecule has 0 atom stereocenters. The minimum absolute atomic E-state index is 0.0249. The highest BCUT2D eigenvalue weighted by Crippen LogP contribution is 2.31. The fourth-order valence-corrected chi connectivity index (χ4v) is 2.51. The summed E-state index contributed by atoms with van der Waals surface area (Å²) in [4.78, 5) is 11.0. The highest BCUT2D eigenvalue weighted by molar-refractivity contribution is 7.17. The maximum atomic E-state index is 11.0. The van der Waals surface area contributed by atoms with E-state index in [0.717, 1.165) is 11.1 Å². The number of nitrogens with one attached hydrogen (secondary N) is 1. The van der Waals surface area contributed by atoms with Gasteiger partial charge in [0.25, 0.3) is 0 Å². The van der Waals surface area contributed by atoms with Gasteiger partial charge in [0.15, 0.2) is 0 Å². The summed E-state index contributed by atoms with van der Waals surface area (Å²) in [6.07, 6.45) is 0. The summed E-state index contributed by atoms with van der Waals surface area (Å²) >= 11 is 1.70. The Labute approximate surface area is 86.6 Å². The van der Waals surface area contributed by atoms with Crippen LogP contribution < -0.4 is 5.32 Å². The second kappa shape index (κ2) is 3.42. The molecule has 2 rings (SSSR count). The zero-order valence-corrected chi connectivity index (χ0v) is 8.94. The van der Waals surface area contributed by atoms with Gasteiger partial charge in [-0.15, -0.1) is 11.3 Å². The maximum absolute atomic E-state index is 11.0. The normalized spacial score (nSPS) is 10.4. The van der Waals surface area contributed by atoms with E-state index in [1.54, 1.807) is 11.3 Å². The number of benzene rings is 1. The van der Waals surface area contributed by atoms with Crippen LogP contribution in [-0.2, 0) is 4.79 Å². The number of hydrogen-bond donors (Lipinski definition) is 1. The Balaban J connectivity index is 2.63. The van der Waals surface area contributed by atoms with Gasteiger partial charge >= 0.3 is 0 Å². The van der Waals surface area contributed by atoms with Crippen molar-refractivity contribution in [3.8, 4) is 0 Å². The zero-order valence-electron chi connectivity index (χ0n) is 8.13.